The van der Waals surface area contributed by atoms with E-state index in [1.807, 2.05) is 29.6 Å². The van der Waals surface area contributed by atoms with Crippen LogP contribution in [-0.2, 0) is 9.59 Å². The van der Waals surface area contributed by atoms with Crippen LogP contribution in [0, 0.1) is 0 Å². The molecule has 2 heterocycles. The van der Waals surface area contributed by atoms with E-state index >= 15 is 0 Å². The molecule has 1 aliphatic heterocycles. The maximum absolute atomic E-state index is 11.8. The lowest BCUT2D eigenvalue weighted by Gasteiger charge is -2.12. The Hall–Kier alpha value is -1.88. The Morgan fingerprint density at radius 3 is 2.89 bits per heavy atom. The molecule has 2 aromatic rings. The zero-order valence-electron chi connectivity index (χ0n) is 9.84. The first kappa shape index (κ1) is 11.2. The molecule has 1 aliphatic rings. The third kappa shape index (κ3) is 1.76. The molecule has 1 aromatic carbocycles. The number of likely N-dealkylation sites (tertiary alicyclic amines) is 1. The van der Waals surface area contributed by atoms with Crippen molar-refractivity contribution in [2.45, 2.75) is 12.5 Å². The normalized spacial score (nSPS) is 19.8. The molecule has 5 heteroatoms. The lowest BCUT2D eigenvalue weighted by molar-refractivity contribution is -0.136. The Morgan fingerprint density at radius 1 is 1.33 bits per heavy atom. The first-order valence-corrected chi connectivity index (χ1v) is 6.57. The number of thiophene rings is 1. The zero-order valence-corrected chi connectivity index (χ0v) is 10.7. The number of fused-ring (bicyclic) bond motifs is 1. The number of likely N-dealkylation sites (N-methyl/N-ethyl adjacent to an activating group) is 1. The van der Waals surface area contributed by atoms with Crippen molar-refractivity contribution in [2.24, 2.45) is 0 Å². The van der Waals surface area contributed by atoms with Crippen molar-refractivity contribution in [3.05, 3.63) is 29.6 Å². The van der Waals surface area contributed by atoms with Crippen LogP contribution in [0.3, 0.4) is 0 Å². The number of carbonyl (C=O) groups excluding carboxylic acids is 2. The van der Waals surface area contributed by atoms with Crippen LogP contribution in [0.5, 0.6) is 0 Å². The molecule has 1 atom stereocenters. The summed E-state index contributed by atoms with van der Waals surface area (Å²) in [5, 5.41) is 6.31. The lowest BCUT2D eigenvalue weighted by atomic mass is 10.2. The van der Waals surface area contributed by atoms with Crippen molar-refractivity contribution >= 4 is 38.9 Å². The van der Waals surface area contributed by atoms with Gasteiger partial charge in [-0.05, 0) is 35.0 Å². The molecular formula is C13H12N2O2S. The fraction of sp³-hybridized carbons (Fsp3) is 0.231. The van der Waals surface area contributed by atoms with Gasteiger partial charge < -0.3 is 5.32 Å². The highest BCUT2D eigenvalue weighted by Gasteiger charge is 2.35. The number of hydrogen-bond donors (Lipinski definition) is 1. The zero-order chi connectivity index (χ0) is 12.7. The average molecular weight is 260 g/mol. The predicted molar refractivity (Wildman–Crippen MR) is 71.6 cm³/mol. The monoisotopic (exact) mass is 260 g/mol. The summed E-state index contributed by atoms with van der Waals surface area (Å²) < 4.78 is 1.21. The number of nitrogens with zero attached hydrogens (tertiary/aromatic N) is 1. The minimum atomic E-state index is -0.432. The first-order chi connectivity index (χ1) is 8.65. The summed E-state index contributed by atoms with van der Waals surface area (Å²) >= 11 is 1.68. The van der Waals surface area contributed by atoms with Crippen molar-refractivity contribution in [1.29, 1.82) is 0 Å². The summed E-state index contributed by atoms with van der Waals surface area (Å²) in [5.41, 5.74) is 0.877. The smallest absolute Gasteiger partial charge is 0.251 e. The Kier molecular flexibility index (Phi) is 2.56. The largest absolute Gasteiger partial charge is 0.373 e. The van der Waals surface area contributed by atoms with E-state index in [0.29, 0.717) is 0 Å². The molecule has 0 bridgehead atoms. The molecule has 0 radical (unpaired) electrons. The van der Waals surface area contributed by atoms with Crippen molar-refractivity contribution < 1.29 is 9.59 Å². The Morgan fingerprint density at radius 2 is 2.17 bits per heavy atom. The molecule has 18 heavy (non-hydrogen) atoms. The maximum atomic E-state index is 11.8. The van der Waals surface area contributed by atoms with Gasteiger partial charge in [0.1, 0.15) is 6.04 Å². The second-order valence-corrected chi connectivity index (χ2v) is 5.31. The Balaban J connectivity index is 1.84. The number of carbonyl (C=O) groups is 2. The van der Waals surface area contributed by atoms with Crippen LogP contribution in [0.25, 0.3) is 10.1 Å². The molecular weight excluding hydrogens is 248 g/mol. The van der Waals surface area contributed by atoms with Gasteiger partial charge in [-0.15, -0.1) is 11.3 Å². The Bertz CT molecular complexity index is 635. The van der Waals surface area contributed by atoms with Gasteiger partial charge in [0.05, 0.1) is 6.42 Å². The van der Waals surface area contributed by atoms with Gasteiger partial charge in [0.15, 0.2) is 0 Å². The van der Waals surface area contributed by atoms with E-state index in [-0.39, 0.29) is 18.2 Å². The quantitative estimate of drug-likeness (QED) is 0.841. The molecule has 1 saturated heterocycles. The van der Waals surface area contributed by atoms with Gasteiger partial charge in [-0.3, -0.25) is 14.5 Å². The van der Waals surface area contributed by atoms with Crippen LogP contribution in [0.2, 0.25) is 0 Å². The van der Waals surface area contributed by atoms with E-state index in [1.54, 1.807) is 11.3 Å². The highest BCUT2D eigenvalue weighted by molar-refractivity contribution is 7.17. The van der Waals surface area contributed by atoms with Gasteiger partial charge in [0.25, 0.3) is 5.91 Å². The fourth-order valence-electron chi connectivity index (χ4n) is 2.13. The second kappa shape index (κ2) is 4.10. The summed E-state index contributed by atoms with van der Waals surface area (Å²) in [4.78, 5) is 24.4. The van der Waals surface area contributed by atoms with E-state index in [2.05, 4.69) is 5.32 Å². The van der Waals surface area contributed by atoms with Gasteiger partial charge in [0.2, 0.25) is 5.91 Å². The van der Waals surface area contributed by atoms with Gasteiger partial charge in [-0.2, -0.15) is 0 Å². The minimum Gasteiger partial charge on any atom is -0.373 e. The molecule has 1 N–H and O–H groups in total. The van der Waals surface area contributed by atoms with E-state index in [9.17, 15) is 9.59 Å². The van der Waals surface area contributed by atoms with Gasteiger partial charge >= 0.3 is 0 Å². The third-order valence-electron chi connectivity index (χ3n) is 3.17. The highest BCUT2D eigenvalue weighted by atomic mass is 32.1. The van der Waals surface area contributed by atoms with Crippen LogP contribution in [0.1, 0.15) is 6.42 Å². The van der Waals surface area contributed by atoms with Crippen molar-refractivity contribution in [3.63, 3.8) is 0 Å². The van der Waals surface area contributed by atoms with Crippen LogP contribution in [-0.4, -0.2) is 29.8 Å². The number of benzene rings is 1. The van der Waals surface area contributed by atoms with Crippen LogP contribution in [0.15, 0.2) is 29.6 Å². The topological polar surface area (TPSA) is 49.4 Å². The summed E-state index contributed by atoms with van der Waals surface area (Å²) in [7, 11) is 1.52. The molecule has 0 saturated carbocycles. The predicted octanol–water partition coefficient (Wildman–Crippen LogP) is 2.07. The van der Waals surface area contributed by atoms with E-state index in [4.69, 9.17) is 0 Å². The SMILES string of the molecule is CN1C(=O)CC(Nc2ccc3sccc3c2)C1=O. The van der Waals surface area contributed by atoms with Crippen LogP contribution >= 0.6 is 11.3 Å². The lowest BCUT2D eigenvalue weighted by Crippen LogP contribution is -2.31. The summed E-state index contributed by atoms with van der Waals surface area (Å²) in [6.45, 7) is 0. The molecule has 1 unspecified atom stereocenters. The van der Waals surface area contributed by atoms with Crippen molar-refractivity contribution in [1.82, 2.24) is 4.90 Å². The van der Waals surface area contributed by atoms with E-state index in [1.165, 1.54) is 16.6 Å². The van der Waals surface area contributed by atoms with Crippen LogP contribution in [0.4, 0.5) is 5.69 Å². The van der Waals surface area contributed by atoms with Gasteiger partial charge in [-0.1, -0.05) is 0 Å². The minimum absolute atomic E-state index is 0.130. The number of imide groups is 1. The van der Waals surface area contributed by atoms with Crippen molar-refractivity contribution in [3.8, 4) is 0 Å². The summed E-state index contributed by atoms with van der Waals surface area (Å²) in [6.07, 6.45) is 0.233. The Labute approximate surface area is 108 Å². The molecule has 4 nitrogen and oxygen atoms in total. The average Bonchev–Trinajstić information content (AvgIpc) is 2.91. The molecule has 0 aliphatic carbocycles. The summed E-state index contributed by atoms with van der Waals surface area (Å²) in [6, 6.07) is 7.57. The maximum Gasteiger partial charge on any atom is 0.251 e. The van der Waals surface area contributed by atoms with Crippen LogP contribution < -0.4 is 5.32 Å². The summed E-state index contributed by atoms with van der Waals surface area (Å²) in [5.74, 6) is -0.292. The first-order valence-electron chi connectivity index (χ1n) is 5.69. The molecule has 1 aromatic heterocycles. The van der Waals surface area contributed by atoms with E-state index in [0.717, 1.165) is 11.1 Å². The molecule has 3 rings (SSSR count). The molecule has 2 amide bonds. The van der Waals surface area contributed by atoms with Crippen molar-refractivity contribution in [2.75, 3.05) is 12.4 Å². The molecule has 0 spiro atoms. The number of hydrogen-bond acceptors (Lipinski definition) is 4. The standard InChI is InChI=1S/C13H12N2O2S/c1-15-12(16)7-10(13(15)17)14-9-2-3-11-8(6-9)4-5-18-11/h2-6,10,14H,7H2,1H3. The number of amides is 2. The molecule has 1 fully saturated rings. The molecule has 92 valence electrons. The number of anilines is 1. The van der Waals surface area contributed by atoms with E-state index < -0.39 is 6.04 Å². The third-order valence-corrected chi connectivity index (χ3v) is 4.07. The number of nitrogens with one attached hydrogen (secondary N) is 1. The highest BCUT2D eigenvalue weighted by Crippen LogP contribution is 2.25. The number of rotatable bonds is 2. The second-order valence-electron chi connectivity index (χ2n) is 4.37. The fourth-order valence-corrected chi connectivity index (χ4v) is 2.90. The van der Waals surface area contributed by atoms with Gasteiger partial charge in [0, 0.05) is 17.4 Å². The van der Waals surface area contributed by atoms with Gasteiger partial charge in [-0.25, -0.2) is 0 Å².